The lowest BCUT2D eigenvalue weighted by atomic mass is 10.2. The smallest absolute Gasteiger partial charge is 0.293 e. The van der Waals surface area contributed by atoms with Crippen LogP contribution in [0.2, 0.25) is 5.02 Å². The van der Waals surface area contributed by atoms with E-state index in [9.17, 15) is 9.18 Å². The molecule has 162 valence electrons. The van der Waals surface area contributed by atoms with Crippen LogP contribution < -0.4 is 11.2 Å². The van der Waals surface area contributed by atoms with Gasteiger partial charge in [0.2, 0.25) is 11.6 Å². The number of nitrogens with zero attached hydrogens (tertiary/aromatic N) is 6. The maximum atomic E-state index is 13.3. The molecular weight excluding hydrogens is 459 g/mol. The minimum Gasteiger partial charge on any atom is -0.378 e. The van der Waals surface area contributed by atoms with Gasteiger partial charge in [-0.15, -0.1) is 16.9 Å². The van der Waals surface area contributed by atoms with Crippen LogP contribution in [0.4, 0.5) is 10.2 Å². The van der Waals surface area contributed by atoms with Gasteiger partial charge in [0.05, 0.1) is 11.9 Å². The Kier molecular flexibility index (Phi) is 6.42. The van der Waals surface area contributed by atoms with E-state index >= 15 is 0 Å². The van der Waals surface area contributed by atoms with Crippen molar-refractivity contribution in [1.29, 1.82) is 0 Å². The van der Waals surface area contributed by atoms with Gasteiger partial charge in [-0.1, -0.05) is 28.9 Å². The van der Waals surface area contributed by atoms with Crippen LogP contribution in [0.25, 0.3) is 5.82 Å². The predicted molar refractivity (Wildman–Crippen MR) is 116 cm³/mol. The number of halogens is 2. The van der Waals surface area contributed by atoms with E-state index in [0.717, 1.165) is 4.90 Å². The topological polar surface area (TPSA) is 137 Å². The fraction of sp³-hybridized carbons (Fsp3) is 0.0526. The van der Waals surface area contributed by atoms with Crippen LogP contribution in [-0.2, 0) is 5.75 Å². The Morgan fingerprint density at radius 3 is 2.81 bits per heavy atom. The van der Waals surface area contributed by atoms with Gasteiger partial charge in [-0.3, -0.25) is 4.79 Å². The molecule has 0 saturated carbocycles. The summed E-state index contributed by atoms with van der Waals surface area (Å²) in [5.41, 5.74) is 9.02. The standard InChI is InChI=1S/C19H14ClFN8O2S/c20-12-4-6-14(7-5-12)32-10-15-16(24-28-29(15)18-17(22)26-31-27-18)19(30)25-23-9-11-2-1-3-13(21)8-11/h1-9H,10H2,(H2,22,26)(H,25,30). The summed E-state index contributed by atoms with van der Waals surface area (Å²) in [5, 5.41) is 19.6. The fourth-order valence-corrected chi connectivity index (χ4v) is 3.62. The van der Waals surface area contributed by atoms with Gasteiger partial charge in [-0.2, -0.15) is 9.78 Å². The summed E-state index contributed by atoms with van der Waals surface area (Å²) >= 11 is 7.35. The maximum Gasteiger partial charge on any atom is 0.293 e. The van der Waals surface area contributed by atoms with Crippen LogP contribution in [-0.4, -0.2) is 37.4 Å². The Hall–Kier alpha value is -3.77. The number of aromatic nitrogens is 5. The monoisotopic (exact) mass is 472 g/mol. The van der Waals surface area contributed by atoms with Crippen LogP contribution in [0.3, 0.4) is 0 Å². The van der Waals surface area contributed by atoms with Crippen LogP contribution in [0.5, 0.6) is 0 Å². The minimum atomic E-state index is -0.620. The molecule has 2 heterocycles. The van der Waals surface area contributed by atoms with Crippen LogP contribution in [0, 0.1) is 5.82 Å². The fourth-order valence-electron chi connectivity index (χ4n) is 2.60. The number of amides is 1. The van der Waals surface area contributed by atoms with Crippen LogP contribution in [0.1, 0.15) is 21.7 Å². The molecule has 0 spiro atoms. The largest absolute Gasteiger partial charge is 0.378 e. The zero-order valence-electron chi connectivity index (χ0n) is 16.1. The number of rotatable bonds is 7. The predicted octanol–water partition coefficient (Wildman–Crippen LogP) is 3.08. The average molecular weight is 473 g/mol. The SMILES string of the molecule is Nc1nonc1-n1nnc(C(=O)NN=Cc2cccc(F)c2)c1CSc1ccc(Cl)cc1. The van der Waals surface area contributed by atoms with Gasteiger partial charge in [-0.05, 0) is 52.3 Å². The van der Waals surface area contributed by atoms with E-state index in [0.29, 0.717) is 16.3 Å². The number of carbonyl (C=O) groups is 1. The van der Waals surface area contributed by atoms with Gasteiger partial charge < -0.3 is 5.73 Å². The van der Waals surface area contributed by atoms with Crippen molar-refractivity contribution in [2.75, 3.05) is 5.73 Å². The molecule has 32 heavy (non-hydrogen) atoms. The summed E-state index contributed by atoms with van der Waals surface area (Å²) in [4.78, 5) is 13.6. The van der Waals surface area contributed by atoms with Crippen molar-refractivity contribution in [2.24, 2.45) is 5.10 Å². The summed E-state index contributed by atoms with van der Waals surface area (Å²) in [5.74, 6) is -0.651. The molecule has 0 radical (unpaired) electrons. The summed E-state index contributed by atoms with van der Waals surface area (Å²) in [6.45, 7) is 0. The summed E-state index contributed by atoms with van der Waals surface area (Å²) in [6, 6.07) is 13.0. The minimum absolute atomic E-state index is 0.00487. The number of hydrogen-bond donors (Lipinski definition) is 2. The zero-order chi connectivity index (χ0) is 22.5. The molecule has 0 unspecified atom stereocenters. The lowest BCUT2D eigenvalue weighted by Gasteiger charge is -2.06. The van der Waals surface area contributed by atoms with E-state index in [-0.39, 0.29) is 23.1 Å². The van der Waals surface area contributed by atoms with Crippen molar-refractivity contribution < 1.29 is 13.8 Å². The van der Waals surface area contributed by atoms with Crippen molar-refractivity contribution in [3.8, 4) is 5.82 Å². The molecule has 0 fully saturated rings. The van der Waals surface area contributed by atoms with E-state index in [1.54, 1.807) is 18.2 Å². The van der Waals surface area contributed by atoms with Gasteiger partial charge >= 0.3 is 0 Å². The third-order valence-electron chi connectivity index (χ3n) is 4.09. The van der Waals surface area contributed by atoms with Gasteiger partial charge in [-0.25, -0.2) is 14.4 Å². The normalized spacial score (nSPS) is 11.2. The van der Waals surface area contributed by atoms with E-state index in [1.165, 1.54) is 40.9 Å². The van der Waals surface area contributed by atoms with E-state index in [1.807, 2.05) is 12.1 Å². The van der Waals surface area contributed by atoms with Gasteiger partial charge in [0.1, 0.15) is 5.82 Å². The number of benzene rings is 2. The molecule has 0 atom stereocenters. The quantitative estimate of drug-likeness (QED) is 0.238. The number of hydrogen-bond acceptors (Lipinski definition) is 9. The summed E-state index contributed by atoms with van der Waals surface area (Å²) in [6.07, 6.45) is 1.31. The Bertz CT molecular complexity index is 1270. The summed E-state index contributed by atoms with van der Waals surface area (Å²) < 4.78 is 19.2. The molecule has 0 saturated heterocycles. The molecule has 0 aliphatic carbocycles. The molecule has 4 rings (SSSR count). The average Bonchev–Trinajstić information content (AvgIpc) is 3.39. The van der Waals surface area contributed by atoms with Crippen LogP contribution in [0.15, 0.2) is 63.2 Å². The molecule has 0 aliphatic heterocycles. The van der Waals surface area contributed by atoms with E-state index < -0.39 is 11.7 Å². The third-order valence-corrected chi connectivity index (χ3v) is 5.37. The van der Waals surface area contributed by atoms with E-state index in [4.69, 9.17) is 17.3 Å². The van der Waals surface area contributed by atoms with Crippen molar-refractivity contribution in [2.45, 2.75) is 10.6 Å². The molecule has 0 bridgehead atoms. The molecule has 2 aromatic carbocycles. The first kappa shape index (κ1) is 21.5. The molecule has 3 N–H and O–H groups in total. The number of anilines is 1. The second kappa shape index (κ2) is 9.58. The van der Waals surface area contributed by atoms with Crippen LogP contribution >= 0.6 is 23.4 Å². The molecule has 0 aliphatic rings. The third kappa shape index (κ3) is 4.92. The first-order valence-electron chi connectivity index (χ1n) is 9.01. The Morgan fingerprint density at radius 1 is 1.28 bits per heavy atom. The number of carbonyl (C=O) groups excluding carboxylic acids is 1. The molecule has 1 amide bonds. The zero-order valence-corrected chi connectivity index (χ0v) is 17.7. The van der Waals surface area contributed by atoms with Crippen molar-refractivity contribution in [1.82, 2.24) is 30.7 Å². The lowest BCUT2D eigenvalue weighted by molar-refractivity contribution is 0.0949. The Labute approximate surface area is 189 Å². The molecule has 13 heteroatoms. The van der Waals surface area contributed by atoms with Crippen molar-refractivity contribution in [3.63, 3.8) is 0 Å². The number of hydrazone groups is 1. The second-order valence-corrected chi connectivity index (χ2v) is 7.75. The molecule has 10 nitrogen and oxygen atoms in total. The van der Waals surface area contributed by atoms with Crippen molar-refractivity contribution in [3.05, 3.63) is 76.3 Å². The van der Waals surface area contributed by atoms with Gasteiger partial charge in [0, 0.05) is 15.7 Å². The highest BCUT2D eigenvalue weighted by molar-refractivity contribution is 7.98. The van der Waals surface area contributed by atoms with Gasteiger partial charge in [0.15, 0.2) is 5.69 Å². The van der Waals surface area contributed by atoms with Gasteiger partial charge in [0.25, 0.3) is 5.91 Å². The number of nitrogen functional groups attached to an aromatic ring is 1. The highest BCUT2D eigenvalue weighted by atomic mass is 35.5. The number of nitrogens with one attached hydrogen (secondary N) is 1. The first-order valence-corrected chi connectivity index (χ1v) is 10.4. The Balaban J connectivity index is 1.57. The first-order chi connectivity index (χ1) is 15.5. The summed E-state index contributed by atoms with van der Waals surface area (Å²) in [7, 11) is 0. The highest BCUT2D eigenvalue weighted by Gasteiger charge is 2.24. The molecule has 4 aromatic rings. The lowest BCUT2D eigenvalue weighted by Crippen LogP contribution is -2.20. The Morgan fingerprint density at radius 2 is 2.09 bits per heavy atom. The number of thioether (sulfide) groups is 1. The second-order valence-electron chi connectivity index (χ2n) is 6.27. The molecule has 2 aromatic heterocycles. The maximum absolute atomic E-state index is 13.3. The van der Waals surface area contributed by atoms with E-state index in [2.05, 4.69) is 35.8 Å². The molecular formula is C19H14ClFN8O2S. The number of nitrogens with two attached hydrogens (primary N) is 1. The van der Waals surface area contributed by atoms with Crippen molar-refractivity contribution >= 4 is 41.3 Å². The highest BCUT2D eigenvalue weighted by Crippen LogP contribution is 2.27.